The first-order chi connectivity index (χ1) is 14.3. The van der Waals surface area contributed by atoms with Crippen molar-refractivity contribution < 1.29 is 14.6 Å². The van der Waals surface area contributed by atoms with Gasteiger partial charge < -0.3 is 20.5 Å². The number of nitrogens with zero attached hydrogens (tertiary/aromatic N) is 4. The molecule has 4 rings (SSSR count). The summed E-state index contributed by atoms with van der Waals surface area (Å²) in [6.07, 6.45) is 0.281. The van der Waals surface area contributed by atoms with E-state index in [9.17, 15) is 9.90 Å². The number of carbonyl (C=O) groups is 1. The van der Waals surface area contributed by atoms with Gasteiger partial charge in [0.15, 0.2) is 13.7 Å². The molecule has 1 aliphatic rings. The van der Waals surface area contributed by atoms with Crippen LogP contribution in [0.25, 0.3) is 22.3 Å². The fourth-order valence-electron chi connectivity index (χ4n) is 3.44. The molecule has 0 unspecified atom stereocenters. The summed E-state index contributed by atoms with van der Waals surface area (Å²) in [5, 5.41) is 10.5. The first-order valence-corrected chi connectivity index (χ1v) is 9.41. The number of likely N-dealkylation sites (tertiary alicyclic amines) is 1. The molecule has 30 heavy (non-hydrogen) atoms. The maximum atomic E-state index is 12.1. The minimum atomic E-state index is -1.65. The van der Waals surface area contributed by atoms with Crippen LogP contribution in [0.5, 0.6) is 5.75 Å². The fraction of sp³-hybridized carbons (Fsp3) is 0.238. The van der Waals surface area contributed by atoms with Crippen molar-refractivity contribution in [3.63, 3.8) is 0 Å². The van der Waals surface area contributed by atoms with Crippen molar-refractivity contribution >= 4 is 36.3 Å². The third kappa shape index (κ3) is 3.42. The van der Waals surface area contributed by atoms with E-state index < -0.39 is 5.60 Å². The van der Waals surface area contributed by atoms with Crippen LogP contribution in [0.15, 0.2) is 30.3 Å². The van der Waals surface area contributed by atoms with E-state index in [1.54, 1.807) is 40.2 Å². The number of likely N-dealkylation sites (N-methyl/N-ethyl adjacent to an activating group) is 1. The topological polar surface area (TPSA) is 114 Å². The quantitative estimate of drug-likeness (QED) is 0.439. The summed E-state index contributed by atoms with van der Waals surface area (Å²) in [7, 11) is 4.99. The smallest absolute Gasteiger partial charge is 0.267 e. The Morgan fingerprint density at radius 3 is 2.77 bits per heavy atom. The maximum absolute atomic E-state index is 12.1. The van der Waals surface area contributed by atoms with Crippen LogP contribution >= 0.6 is 0 Å². The molecule has 2 aromatic heterocycles. The van der Waals surface area contributed by atoms with Crippen LogP contribution in [-0.2, 0) is 4.79 Å². The van der Waals surface area contributed by atoms with Gasteiger partial charge in [-0.3, -0.25) is 4.79 Å². The van der Waals surface area contributed by atoms with E-state index in [4.69, 9.17) is 10.5 Å². The van der Waals surface area contributed by atoms with Gasteiger partial charge in [0.1, 0.15) is 11.3 Å². The summed E-state index contributed by atoms with van der Waals surface area (Å²) in [4.78, 5) is 26.8. The lowest BCUT2D eigenvalue weighted by atomic mass is 10.0. The molecule has 1 atom stereocenters. The van der Waals surface area contributed by atoms with Gasteiger partial charge in [0.25, 0.3) is 5.91 Å². The van der Waals surface area contributed by atoms with E-state index in [-0.39, 0.29) is 12.3 Å². The largest absolute Gasteiger partial charge is 0.496 e. The first kappa shape index (κ1) is 19.7. The molecule has 1 saturated heterocycles. The van der Waals surface area contributed by atoms with Crippen molar-refractivity contribution in [2.45, 2.75) is 12.0 Å². The number of ether oxygens (including phenoxy) is 1. The molecular formula is C21H20BN5O3. The molecule has 1 amide bonds. The Bertz CT molecular complexity index is 1240. The molecule has 0 aliphatic carbocycles. The molecule has 0 saturated carbocycles. The third-order valence-corrected chi connectivity index (χ3v) is 5.08. The highest BCUT2D eigenvalue weighted by molar-refractivity contribution is 6.29. The summed E-state index contributed by atoms with van der Waals surface area (Å²) in [6, 6.07) is 9.00. The van der Waals surface area contributed by atoms with Crippen molar-refractivity contribution in [1.29, 1.82) is 0 Å². The molecule has 3 N–H and O–H groups in total. The summed E-state index contributed by atoms with van der Waals surface area (Å²) in [5.74, 6) is 6.17. The van der Waals surface area contributed by atoms with Crippen molar-refractivity contribution in [2.75, 3.05) is 26.4 Å². The zero-order chi connectivity index (χ0) is 21.5. The minimum absolute atomic E-state index is 0.281. The number of benzene rings is 1. The Morgan fingerprint density at radius 1 is 1.27 bits per heavy atom. The molecule has 1 aromatic carbocycles. The predicted molar refractivity (Wildman–Crippen MR) is 116 cm³/mol. The van der Waals surface area contributed by atoms with Gasteiger partial charge in [0, 0.05) is 31.1 Å². The highest BCUT2D eigenvalue weighted by atomic mass is 16.5. The lowest BCUT2D eigenvalue weighted by Crippen LogP contribution is -2.37. The number of aliphatic hydroxyl groups is 1. The second-order valence-electron chi connectivity index (χ2n) is 7.22. The number of pyridine rings is 1. The molecule has 1 fully saturated rings. The number of carbonyl (C=O) groups excluding carboxylic acids is 1. The van der Waals surface area contributed by atoms with Crippen molar-refractivity contribution in [2.24, 2.45) is 0 Å². The summed E-state index contributed by atoms with van der Waals surface area (Å²) in [5.41, 5.74) is 8.06. The van der Waals surface area contributed by atoms with E-state index in [0.29, 0.717) is 51.7 Å². The van der Waals surface area contributed by atoms with Crippen LogP contribution in [0.1, 0.15) is 12.0 Å². The number of hydrogen-bond donors (Lipinski definition) is 2. The molecule has 0 spiro atoms. The molecule has 1 aliphatic heterocycles. The number of aromatic nitrogens is 3. The average molecular weight is 401 g/mol. The number of fused-ring (bicyclic) bond motifs is 1. The molecule has 3 aromatic rings. The van der Waals surface area contributed by atoms with Crippen LogP contribution in [-0.4, -0.2) is 65.0 Å². The number of methoxy groups -OCH3 is 1. The van der Waals surface area contributed by atoms with Crippen molar-refractivity contribution in [1.82, 2.24) is 19.9 Å². The van der Waals surface area contributed by atoms with E-state index in [1.165, 1.54) is 4.90 Å². The Kier molecular flexibility index (Phi) is 4.80. The van der Waals surface area contributed by atoms with Crippen LogP contribution in [0.2, 0.25) is 0 Å². The van der Waals surface area contributed by atoms with E-state index in [1.807, 2.05) is 12.1 Å². The monoisotopic (exact) mass is 401 g/mol. The van der Waals surface area contributed by atoms with Gasteiger partial charge in [-0.25, -0.2) is 15.0 Å². The normalized spacial score (nSPS) is 18.4. The number of anilines is 1. The van der Waals surface area contributed by atoms with Crippen molar-refractivity contribution in [3.05, 3.63) is 35.9 Å². The van der Waals surface area contributed by atoms with Gasteiger partial charge in [-0.15, -0.1) is 0 Å². The van der Waals surface area contributed by atoms with Crippen LogP contribution in [0, 0.1) is 11.8 Å². The average Bonchev–Trinajstić information content (AvgIpc) is 2.99. The molecule has 3 heterocycles. The predicted octanol–water partition coefficient (Wildman–Crippen LogP) is -0.514. The molecular weight excluding hydrogens is 381 g/mol. The highest BCUT2D eigenvalue weighted by Gasteiger charge is 2.42. The van der Waals surface area contributed by atoms with Crippen LogP contribution in [0.4, 0.5) is 5.82 Å². The molecule has 150 valence electrons. The molecule has 9 heteroatoms. The van der Waals surface area contributed by atoms with Crippen molar-refractivity contribution in [3.8, 4) is 28.8 Å². The second-order valence-corrected chi connectivity index (χ2v) is 7.22. The number of nitrogen functional groups attached to an aromatic ring is 1. The SMILES string of the molecule is Bc1nc(N)c2nc(-c3cc(C#C[C@]4(O)CCN(C)C4=O)ccc3OC)ccc2n1. The molecule has 0 radical (unpaired) electrons. The fourth-order valence-corrected chi connectivity index (χ4v) is 3.44. The minimum Gasteiger partial charge on any atom is -0.496 e. The van der Waals surface area contributed by atoms with Gasteiger partial charge >= 0.3 is 0 Å². The van der Waals surface area contributed by atoms with Crippen LogP contribution < -0.4 is 16.2 Å². The highest BCUT2D eigenvalue weighted by Crippen LogP contribution is 2.31. The van der Waals surface area contributed by atoms with Gasteiger partial charge in [-0.05, 0) is 30.3 Å². The molecule has 8 nitrogen and oxygen atoms in total. The third-order valence-electron chi connectivity index (χ3n) is 5.08. The summed E-state index contributed by atoms with van der Waals surface area (Å²) < 4.78 is 5.48. The maximum Gasteiger partial charge on any atom is 0.267 e. The Balaban J connectivity index is 1.77. The summed E-state index contributed by atoms with van der Waals surface area (Å²) in [6.45, 7) is 0.474. The zero-order valence-corrected chi connectivity index (χ0v) is 16.9. The van der Waals surface area contributed by atoms with E-state index >= 15 is 0 Å². The molecule has 0 bridgehead atoms. The number of rotatable bonds is 2. The van der Waals surface area contributed by atoms with Gasteiger partial charge in [-0.2, -0.15) is 0 Å². The number of nitrogens with two attached hydrogens (primary N) is 1. The lowest BCUT2D eigenvalue weighted by molar-refractivity contribution is -0.137. The lowest BCUT2D eigenvalue weighted by Gasteiger charge is -2.13. The Labute approximate surface area is 174 Å². The van der Waals surface area contributed by atoms with Gasteiger partial charge in [-0.1, -0.05) is 11.8 Å². The number of amides is 1. The van der Waals surface area contributed by atoms with E-state index in [2.05, 4.69) is 26.8 Å². The number of hydrogen-bond acceptors (Lipinski definition) is 7. The van der Waals surface area contributed by atoms with Crippen LogP contribution in [0.3, 0.4) is 0 Å². The Morgan fingerprint density at radius 2 is 2.07 bits per heavy atom. The first-order valence-electron chi connectivity index (χ1n) is 9.41. The Hall–Kier alpha value is -3.64. The van der Waals surface area contributed by atoms with E-state index in [0.717, 1.165) is 0 Å². The van der Waals surface area contributed by atoms with Gasteiger partial charge in [0.2, 0.25) is 5.60 Å². The summed E-state index contributed by atoms with van der Waals surface area (Å²) >= 11 is 0. The zero-order valence-electron chi connectivity index (χ0n) is 16.9. The van der Waals surface area contributed by atoms with Gasteiger partial charge in [0.05, 0.1) is 24.0 Å². The standard InChI is InChI=1S/C21H20BN5O3/c1-27-10-9-21(29,19(27)28)8-7-12-3-6-16(30-2)13(11-12)14-4-5-15-17(24-14)18(23)26-20(22)25-15/h3-6,11,29H,9-10,22H2,1-2H3,(H2,23,25,26)/t21-/m0/s1. The second kappa shape index (κ2) is 7.32.